The van der Waals surface area contributed by atoms with Gasteiger partial charge < -0.3 is 31.1 Å². The zero-order chi connectivity index (χ0) is 27.6. The van der Waals surface area contributed by atoms with E-state index in [2.05, 4.69) is 10.6 Å². The van der Waals surface area contributed by atoms with Crippen LogP contribution in [-0.4, -0.2) is 38.0 Å². The molecule has 0 aromatic heterocycles. The lowest BCUT2D eigenvalue weighted by molar-refractivity contribution is 0.0969. The number of aryl methyl sites for hydroxylation is 2. The molecule has 2 amide bonds. The zero-order valence-corrected chi connectivity index (χ0v) is 20.4. The SMILES string of the molecule is Cc1cc(O)c2c(c1O)C(=O)c1c(O)cc(C)c(O)c1C2=O.O=C(Nc1ccccc1)Nc1ccccc1. The number of urea groups is 1. The van der Waals surface area contributed by atoms with E-state index >= 15 is 0 Å². The van der Waals surface area contributed by atoms with Gasteiger partial charge in [-0.15, -0.1) is 0 Å². The Balaban J connectivity index is 0.000000186. The van der Waals surface area contributed by atoms with Gasteiger partial charge in [-0.25, -0.2) is 4.79 Å². The average molecular weight is 513 g/mol. The molecule has 38 heavy (non-hydrogen) atoms. The van der Waals surface area contributed by atoms with Crippen molar-refractivity contribution in [3.05, 3.63) is 106 Å². The number of aromatic hydroxyl groups is 4. The number of carbonyl (C=O) groups excluding carboxylic acids is 3. The molecule has 1 aliphatic rings. The maximum Gasteiger partial charge on any atom is 0.323 e. The minimum absolute atomic E-state index is 0.219. The Kier molecular flexibility index (Phi) is 7.02. The third-order valence-electron chi connectivity index (χ3n) is 5.91. The van der Waals surface area contributed by atoms with Crippen molar-refractivity contribution in [3.8, 4) is 23.0 Å². The Bertz CT molecular complexity index is 1450. The normalized spacial score (nSPS) is 11.5. The van der Waals surface area contributed by atoms with Gasteiger partial charge in [0.05, 0.1) is 22.3 Å². The summed E-state index contributed by atoms with van der Waals surface area (Å²) in [6, 6.07) is 20.7. The summed E-state index contributed by atoms with van der Waals surface area (Å²) in [7, 11) is 0. The van der Waals surface area contributed by atoms with Crippen molar-refractivity contribution in [2.24, 2.45) is 0 Å². The molecule has 9 heteroatoms. The Morgan fingerprint density at radius 1 is 0.579 bits per heavy atom. The fraction of sp³-hybridized carbons (Fsp3) is 0.0690. The monoisotopic (exact) mass is 512 g/mol. The van der Waals surface area contributed by atoms with Gasteiger partial charge >= 0.3 is 6.03 Å². The van der Waals surface area contributed by atoms with Crippen molar-refractivity contribution in [1.29, 1.82) is 0 Å². The molecule has 5 rings (SSSR count). The number of fused-ring (bicyclic) bond motifs is 2. The number of rotatable bonds is 2. The first-order valence-corrected chi connectivity index (χ1v) is 11.5. The number of phenols is 4. The van der Waals surface area contributed by atoms with E-state index < -0.39 is 34.6 Å². The van der Waals surface area contributed by atoms with E-state index in [4.69, 9.17) is 0 Å². The molecule has 0 saturated carbocycles. The molecule has 0 bridgehead atoms. The van der Waals surface area contributed by atoms with Crippen molar-refractivity contribution in [3.63, 3.8) is 0 Å². The summed E-state index contributed by atoms with van der Waals surface area (Å²) in [6.07, 6.45) is 0. The van der Waals surface area contributed by atoms with E-state index in [1.54, 1.807) is 0 Å². The van der Waals surface area contributed by atoms with Gasteiger partial charge in [-0.1, -0.05) is 36.4 Å². The van der Waals surface area contributed by atoms with E-state index in [0.29, 0.717) is 0 Å². The van der Waals surface area contributed by atoms with Gasteiger partial charge in [-0.2, -0.15) is 0 Å². The number of phenolic OH excluding ortho intramolecular Hbond substituents is 4. The number of nitrogens with one attached hydrogen (secondary N) is 2. The fourth-order valence-corrected chi connectivity index (χ4v) is 4.07. The second kappa shape index (κ2) is 10.4. The largest absolute Gasteiger partial charge is 0.507 e. The molecule has 0 atom stereocenters. The van der Waals surface area contributed by atoms with Crippen LogP contribution in [0.15, 0.2) is 72.8 Å². The fourth-order valence-electron chi connectivity index (χ4n) is 4.07. The maximum absolute atomic E-state index is 12.6. The number of para-hydroxylation sites is 2. The summed E-state index contributed by atoms with van der Waals surface area (Å²) in [4.78, 5) is 36.7. The Labute approximate surface area is 217 Å². The number of benzene rings is 4. The van der Waals surface area contributed by atoms with Crippen molar-refractivity contribution >= 4 is 29.0 Å². The number of anilines is 2. The van der Waals surface area contributed by atoms with Crippen LogP contribution >= 0.6 is 0 Å². The van der Waals surface area contributed by atoms with Gasteiger partial charge in [-0.05, 0) is 61.4 Å². The topological polar surface area (TPSA) is 156 Å². The molecule has 0 fully saturated rings. The number of carbonyl (C=O) groups is 3. The van der Waals surface area contributed by atoms with Crippen LogP contribution in [0.1, 0.15) is 43.0 Å². The molecule has 0 unspecified atom stereocenters. The lowest BCUT2D eigenvalue weighted by atomic mass is 9.80. The van der Waals surface area contributed by atoms with E-state index in [1.807, 2.05) is 60.7 Å². The molecule has 0 heterocycles. The summed E-state index contributed by atoms with van der Waals surface area (Å²) in [5.74, 6) is -3.44. The minimum atomic E-state index is -0.825. The Morgan fingerprint density at radius 3 is 1.26 bits per heavy atom. The molecule has 0 spiro atoms. The maximum atomic E-state index is 12.6. The lowest BCUT2D eigenvalue weighted by Crippen LogP contribution is -2.22. The van der Waals surface area contributed by atoms with Crippen LogP contribution in [0.3, 0.4) is 0 Å². The Hall–Kier alpha value is -5.31. The summed E-state index contributed by atoms with van der Waals surface area (Å²) in [5, 5.41) is 45.6. The predicted octanol–water partition coefficient (Wildman–Crippen LogP) is 5.23. The molecule has 0 aliphatic heterocycles. The van der Waals surface area contributed by atoms with Gasteiger partial charge in [0.1, 0.15) is 23.0 Å². The highest BCUT2D eigenvalue weighted by Crippen LogP contribution is 2.45. The highest BCUT2D eigenvalue weighted by atomic mass is 16.3. The first kappa shape index (κ1) is 25.8. The molecule has 4 aromatic carbocycles. The van der Waals surface area contributed by atoms with E-state index in [-0.39, 0.29) is 39.4 Å². The van der Waals surface area contributed by atoms with Gasteiger partial charge in [0.25, 0.3) is 0 Å². The van der Waals surface area contributed by atoms with Gasteiger partial charge in [0, 0.05) is 11.4 Å². The average Bonchev–Trinajstić information content (AvgIpc) is 2.88. The minimum Gasteiger partial charge on any atom is -0.507 e. The third-order valence-corrected chi connectivity index (χ3v) is 5.91. The van der Waals surface area contributed by atoms with Gasteiger partial charge in [0.15, 0.2) is 0 Å². The molecule has 0 radical (unpaired) electrons. The van der Waals surface area contributed by atoms with Crippen molar-refractivity contribution < 1.29 is 34.8 Å². The van der Waals surface area contributed by atoms with Crippen LogP contribution in [-0.2, 0) is 0 Å². The van der Waals surface area contributed by atoms with Crippen LogP contribution in [0, 0.1) is 13.8 Å². The van der Waals surface area contributed by atoms with E-state index in [9.17, 15) is 34.8 Å². The molecule has 0 saturated heterocycles. The number of hydrogen-bond acceptors (Lipinski definition) is 7. The highest BCUT2D eigenvalue weighted by Gasteiger charge is 2.39. The quantitative estimate of drug-likeness (QED) is 0.177. The van der Waals surface area contributed by atoms with Crippen molar-refractivity contribution in [2.45, 2.75) is 13.8 Å². The van der Waals surface area contributed by atoms with Crippen molar-refractivity contribution in [2.75, 3.05) is 10.6 Å². The molecule has 9 nitrogen and oxygen atoms in total. The zero-order valence-electron chi connectivity index (χ0n) is 20.4. The molecule has 1 aliphatic carbocycles. The molecule has 4 aromatic rings. The lowest BCUT2D eigenvalue weighted by Gasteiger charge is -2.22. The summed E-state index contributed by atoms with van der Waals surface area (Å²) < 4.78 is 0. The van der Waals surface area contributed by atoms with Crippen LogP contribution < -0.4 is 10.6 Å². The first-order chi connectivity index (χ1) is 18.1. The van der Waals surface area contributed by atoms with Crippen LogP contribution in [0.2, 0.25) is 0 Å². The number of ketones is 2. The third kappa shape index (κ3) is 4.85. The van der Waals surface area contributed by atoms with Crippen molar-refractivity contribution in [1.82, 2.24) is 0 Å². The molecule has 192 valence electrons. The molecular weight excluding hydrogens is 488 g/mol. The first-order valence-electron chi connectivity index (χ1n) is 11.5. The predicted molar refractivity (Wildman–Crippen MR) is 141 cm³/mol. The smallest absolute Gasteiger partial charge is 0.323 e. The Morgan fingerprint density at radius 2 is 0.921 bits per heavy atom. The van der Waals surface area contributed by atoms with Crippen LogP contribution in [0.5, 0.6) is 23.0 Å². The highest BCUT2D eigenvalue weighted by molar-refractivity contribution is 6.32. The second-order valence-electron chi connectivity index (χ2n) is 8.59. The summed E-state index contributed by atoms with van der Waals surface area (Å²) in [6.45, 7) is 2.93. The van der Waals surface area contributed by atoms with E-state index in [1.165, 1.54) is 13.8 Å². The summed E-state index contributed by atoms with van der Waals surface area (Å²) >= 11 is 0. The standard InChI is InChI=1S/C16H12O6.C13H12N2O/c1-5-3-7(17)9-11(13(5)19)15(21)10-8(18)4-6(2)14(20)12(10)16(9)22;16-13(14-11-7-3-1-4-8-11)15-12-9-5-2-6-10-12/h3-4,17-20H,1-2H3;1-10H,(H2,14,15,16). The molecular formula is C29H24N2O7. The number of hydrogen-bond donors (Lipinski definition) is 6. The second-order valence-corrected chi connectivity index (χ2v) is 8.59. The van der Waals surface area contributed by atoms with Gasteiger partial charge in [0.2, 0.25) is 11.6 Å². The van der Waals surface area contributed by atoms with E-state index in [0.717, 1.165) is 23.5 Å². The number of amides is 2. The van der Waals surface area contributed by atoms with Crippen LogP contribution in [0.25, 0.3) is 0 Å². The van der Waals surface area contributed by atoms with Crippen LogP contribution in [0.4, 0.5) is 16.2 Å². The molecule has 6 N–H and O–H groups in total. The summed E-state index contributed by atoms with van der Waals surface area (Å²) in [5.41, 5.74) is 0.504. The van der Waals surface area contributed by atoms with Gasteiger partial charge in [-0.3, -0.25) is 9.59 Å².